The van der Waals surface area contributed by atoms with Crippen LogP contribution in [0.5, 0.6) is 0 Å². The maximum absolute atomic E-state index is 4.50. The molecule has 0 amide bonds. The lowest BCUT2D eigenvalue weighted by atomic mass is 10.1. The van der Waals surface area contributed by atoms with Gasteiger partial charge in [-0.05, 0) is 25.5 Å². The summed E-state index contributed by atoms with van der Waals surface area (Å²) in [5, 5.41) is 4.52. The first-order chi connectivity index (χ1) is 9.74. The van der Waals surface area contributed by atoms with Crippen molar-refractivity contribution in [2.24, 2.45) is 0 Å². The number of nitrogens with one attached hydrogen (secondary N) is 1. The minimum Gasteiger partial charge on any atom is -0.353 e. The zero-order valence-electron chi connectivity index (χ0n) is 11.7. The molecule has 3 aromatic rings. The Balaban J connectivity index is 1.96. The van der Waals surface area contributed by atoms with E-state index in [0.717, 1.165) is 18.0 Å². The molecule has 4 heteroatoms. The Hall–Kier alpha value is -2.36. The van der Waals surface area contributed by atoms with Crippen molar-refractivity contribution in [2.75, 3.05) is 5.32 Å². The van der Waals surface area contributed by atoms with Crippen LogP contribution in [-0.4, -0.2) is 20.6 Å². The quantitative estimate of drug-likeness (QED) is 0.788. The first-order valence-electron chi connectivity index (χ1n) is 6.84. The van der Waals surface area contributed by atoms with Gasteiger partial charge in [0.1, 0.15) is 0 Å². The van der Waals surface area contributed by atoms with Gasteiger partial charge in [-0.3, -0.25) is 4.98 Å². The Bertz CT molecular complexity index is 710. The molecule has 1 aromatic carbocycles. The second-order valence-corrected chi connectivity index (χ2v) is 5.17. The lowest BCUT2D eigenvalue weighted by Gasteiger charge is -2.13. The Morgan fingerprint density at radius 1 is 1.10 bits per heavy atom. The molecule has 0 unspecified atom stereocenters. The van der Waals surface area contributed by atoms with E-state index in [1.54, 1.807) is 0 Å². The molecule has 0 bridgehead atoms. The van der Waals surface area contributed by atoms with Crippen molar-refractivity contribution < 1.29 is 0 Å². The van der Waals surface area contributed by atoms with Crippen LogP contribution in [0, 0.1) is 0 Å². The van der Waals surface area contributed by atoms with Gasteiger partial charge in [-0.1, -0.05) is 24.3 Å². The standard InChI is InChI=1S/C16H18N4/c1-12(2)19-16-18-9-10-20(16)11-14-6-3-5-13-7-4-8-17-15(13)14/h3-10,12H,11H2,1-2H3,(H,18,19). The van der Waals surface area contributed by atoms with Gasteiger partial charge in [0.15, 0.2) is 0 Å². The number of nitrogens with zero attached hydrogens (tertiary/aromatic N) is 3. The smallest absolute Gasteiger partial charge is 0.203 e. The molecule has 0 saturated heterocycles. The van der Waals surface area contributed by atoms with E-state index in [2.05, 4.69) is 58.0 Å². The molecule has 0 saturated carbocycles. The van der Waals surface area contributed by atoms with E-state index in [1.165, 1.54) is 10.9 Å². The van der Waals surface area contributed by atoms with Crippen molar-refractivity contribution in [3.05, 3.63) is 54.5 Å². The summed E-state index contributed by atoms with van der Waals surface area (Å²) in [6, 6.07) is 10.7. The highest BCUT2D eigenvalue weighted by Crippen LogP contribution is 2.18. The first kappa shape index (κ1) is 12.7. The third-order valence-corrected chi connectivity index (χ3v) is 3.19. The normalized spacial score (nSPS) is 11.2. The van der Waals surface area contributed by atoms with Gasteiger partial charge >= 0.3 is 0 Å². The highest BCUT2D eigenvalue weighted by Gasteiger charge is 2.07. The summed E-state index contributed by atoms with van der Waals surface area (Å²) in [7, 11) is 0. The number of para-hydroxylation sites is 1. The third kappa shape index (κ3) is 2.50. The molecule has 2 heterocycles. The van der Waals surface area contributed by atoms with Crippen molar-refractivity contribution in [1.82, 2.24) is 14.5 Å². The third-order valence-electron chi connectivity index (χ3n) is 3.19. The molecule has 0 radical (unpaired) electrons. The summed E-state index contributed by atoms with van der Waals surface area (Å²) in [6.07, 6.45) is 5.66. The molecule has 102 valence electrons. The molecule has 0 aliphatic rings. The van der Waals surface area contributed by atoms with Crippen LogP contribution in [-0.2, 0) is 6.54 Å². The summed E-state index contributed by atoms with van der Waals surface area (Å²) in [4.78, 5) is 8.86. The van der Waals surface area contributed by atoms with Crippen LogP contribution in [0.4, 0.5) is 5.95 Å². The number of imidazole rings is 1. The lowest BCUT2D eigenvalue weighted by molar-refractivity contribution is 0.776. The van der Waals surface area contributed by atoms with Crippen LogP contribution < -0.4 is 5.32 Å². The highest BCUT2D eigenvalue weighted by molar-refractivity contribution is 5.81. The number of hydrogen-bond acceptors (Lipinski definition) is 3. The topological polar surface area (TPSA) is 42.7 Å². The van der Waals surface area contributed by atoms with E-state index in [4.69, 9.17) is 0 Å². The maximum Gasteiger partial charge on any atom is 0.203 e. The van der Waals surface area contributed by atoms with Gasteiger partial charge in [-0.25, -0.2) is 4.98 Å². The van der Waals surface area contributed by atoms with Gasteiger partial charge < -0.3 is 9.88 Å². The molecule has 4 nitrogen and oxygen atoms in total. The minimum atomic E-state index is 0.363. The fourth-order valence-electron chi connectivity index (χ4n) is 2.31. The van der Waals surface area contributed by atoms with Gasteiger partial charge in [-0.15, -0.1) is 0 Å². The number of hydrogen-bond donors (Lipinski definition) is 1. The fraction of sp³-hybridized carbons (Fsp3) is 0.250. The second-order valence-electron chi connectivity index (χ2n) is 5.17. The maximum atomic E-state index is 4.50. The number of anilines is 1. The van der Waals surface area contributed by atoms with E-state index >= 15 is 0 Å². The number of benzene rings is 1. The molecular formula is C16H18N4. The van der Waals surface area contributed by atoms with E-state index in [9.17, 15) is 0 Å². The van der Waals surface area contributed by atoms with E-state index in [0.29, 0.717) is 6.04 Å². The summed E-state index contributed by atoms with van der Waals surface area (Å²) in [5.74, 6) is 0.896. The Morgan fingerprint density at radius 2 is 1.95 bits per heavy atom. The fourth-order valence-corrected chi connectivity index (χ4v) is 2.31. The van der Waals surface area contributed by atoms with Gasteiger partial charge in [0.2, 0.25) is 5.95 Å². The number of fused-ring (bicyclic) bond motifs is 1. The molecule has 0 aliphatic carbocycles. The van der Waals surface area contributed by atoms with Gasteiger partial charge in [0.05, 0.1) is 12.1 Å². The van der Waals surface area contributed by atoms with Crippen molar-refractivity contribution in [1.29, 1.82) is 0 Å². The molecule has 20 heavy (non-hydrogen) atoms. The van der Waals surface area contributed by atoms with E-state index in [-0.39, 0.29) is 0 Å². The zero-order valence-corrected chi connectivity index (χ0v) is 11.7. The lowest BCUT2D eigenvalue weighted by Crippen LogP contribution is -2.15. The zero-order chi connectivity index (χ0) is 13.9. The highest BCUT2D eigenvalue weighted by atomic mass is 15.2. The first-order valence-corrected chi connectivity index (χ1v) is 6.84. The molecule has 0 spiro atoms. The van der Waals surface area contributed by atoms with Crippen LogP contribution in [0.15, 0.2) is 48.9 Å². The summed E-state index contributed by atoms with van der Waals surface area (Å²) in [6.45, 7) is 4.99. The minimum absolute atomic E-state index is 0.363. The van der Waals surface area contributed by atoms with E-state index < -0.39 is 0 Å². The molecule has 1 N–H and O–H groups in total. The van der Waals surface area contributed by atoms with Crippen LogP contribution in [0.1, 0.15) is 19.4 Å². The molecule has 0 aliphatic heterocycles. The number of rotatable bonds is 4. The predicted molar refractivity (Wildman–Crippen MR) is 81.8 cm³/mol. The van der Waals surface area contributed by atoms with Gasteiger partial charge in [0, 0.05) is 30.0 Å². The van der Waals surface area contributed by atoms with Crippen molar-refractivity contribution in [2.45, 2.75) is 26.4 Å². The Morgan fingerprint density at radius 3 is 2.80 bits per heavy atom. The van der Waals surface area contributed by atoms with Crippen molar-refractivity contribution >= 4 is 16.9 Å². The number of aromatic nitrogens is 3. The van der Waals surface area contributed by atoms with Crippen LogP contribution in [0.25, 0.3) is 10.9 Å². The molecular weight excluding hydrogens is 248 g/mol. The monoisotopic (exact) mass is 266 g/mol. The SMILES string of the molecule is CC(C)Nc1nccn1Cc1cccc2cccnc12. The molecule has 3 rings (SSSR count). The van der Waals surface area contributed by atoms with Crippen LogP contribution in [0.2, 0.25) is 0 Å². The number of pyridine rings is 1. The van der Waals surface area contributed by atoms with Crippen LogP contribution in [0.3, 0.4) is 0 Å². The predicted octanol–water partition coefficient (Wildman–Crippen LogP) is 3.30. The van der Waals surface area contributed by atoms with Gasteiger partial charge in [-0.2, -0.15) is 0 Å². The van der Waals surface area contributed by atoms with Crippen LogP contribution >= 0.6 is 0 Å². The molecule has 0 fully saturated rings. The summed E-state index contributed by atoms with van der Waals surface area (Å²) < 4.78 is 2.11. The largest absolute Gasteiger partial charge is 0.353 e. The molecule has 0 atom stereocenters. The second kappa shape index (κ2) is 5.33. The summed E-state index contributed by atoms with van der Waals surface area (Å²) >= 11 is 0. The van der Waals surface area contributed by atoms with E-state index in [1.807, 2.05) is 24.7 Å². The average molecular weight is 266 g/mol. The Labute approximate surface area is 118 Å². The van der Waals surface area contributed by atoms with Gasteiger partial charge in [0.25, 0.3) is 0 Å². The Kier molecular flexibility index (Phi) is 3.37. The van der Waals surface area contributed by atoms with Crippen molar-refractivity contribution in [3.8, 4) is 0 Å². The molecule has 2 aromatic heterocycles. The summed E-state index contributed by atoms with van der Waals surface area (Å²) in [5.41, 5.74) is 2.26. The average Bonchev–Trinajstić information content (AvgIpc) is 2.86. The van der Waals surface area contributed by atoms with Crippen molar-refractivity contribution in [3.63, 3.8) is 0 Å².